The Hall–Kier alpha value is -2.59. The van der Waals surface area contributed by atoms with E-state index >= 15 is 0 Å². The Kier molecular flexibility index (Phi) is 3.69. The molecule has 2 N–H and O–H groups in total. The van der Waals surface area contributed by atoms with E-state index in [4.69, 9.17) is 11.6 Å². The van der Waals surface area contributed by atoms with Gasteiger partial charge in [-0.1, -0.05) is 17.7 Å². The molecule has 0 bridgehead atoms. The lowest BCUT2D eigenvalue weighted by Gasteiger charge is -2.08. The van der Waals surface area contributed by atoms with E-state index in [0.717, 1.165) is 10.9 Å². The van der Waals surface area contributed by atoms with Crippen molar-refractivity contribution in [1.29, 1.82) is 0 Å². The first-order chi connectivity index (χ1) is 10.5. The average Bonchev–Trinajstić information content (AvgIpc) is 2.47. The van der Waals surface area contributed by atoms with Crippen molar-refractivity contribution >= 4 is 34.1 Å². The molecule has 0 atom stereocenters. The summed E-state index contributed by atoms with van der Waals surface area (Å²) in [6.07, 6.45) is 0. The number of rotatable bonds is 2. The van der Waals surface area contributed by atoms with E-state index in [1.54, 1.807) is 36.4 Å². The minimum Gasteiger partial charge on any atom is -0.322 e. The molecule has 0 radical (unpaired) electrons. The highest BCUT2D eigenvalue weighted by molar-refractivity contribution is 6.30. The zero-order chi connectivity index (χ0) is 15.7. The van der Waals surface area contributed by atoms with Crippen molar-refractivity contribution in [2.75, 3.05) is 5.32 Å². The minimum absolute atomic E-state index is 0.161. The summed E-state index contributed by atoms with van der Waals surface area (Å²) in [6.45, 7) is 1.88. The first-order valence-electron chi connectivity index (χ1n) is 6.73. The highest BCUT2D eigenvalue weighted by atomic mass is 35.5. The molecule has 22 heavy (non-hydrogen) atoms. The molecule has 2 aromatic carbocycles. The lowest BCUT2D eigenvalue weighted by atomic mass is 10.1. The molecule has 0 unspecified atom stereocenters. The van der Waals surface area contributed by atoms with Crippen LogP contribution in [-0.4, -0.2) is 10.9 Å². The van der Waals surface area contributed by atoms with Crippen LogP contribution < -0.4 is 10.9 Å². The molecule has 1 amide bonds. The lowest BCUT2D eigenvalue weighted by Crippen LogP contribution is -2.12. The van der Waals surface area contributed by atoms with Crippen molar-refractivity contribution in [3.63, 3.8) is 0 Å². The number of hydrogen-bond donors (Lipinski definition) is 2. The maximum Gasteiger partial charge on any atom is 0.255 e. The highest BCUT2D eigenvalue weighted by Gasteiger charge is 2.07. The van der Waals surface area contributed by atoms with Crippen LogP contribution in [0.15, 0.2) is 53.3 Å². The Balaban J connectivity index is 1.92. The largest absolute Gasteiger partial charge is 0.322 e. The quantitative estimate of drug-likeness (QED) is 0.757. The number of hydrogen-bond acceptors (Lipinski definition) is 2. The van der Waals surface area contributed by atoms with Crippen LogP contribution in [-0.2, 0) is 0 Å². The third kappa shape index (κ3) is 2.87. The van der Waals surface area contributed by atoms with E-state index in [-0.39, 0.29) is 11.5 Å². The molecule has 3 rings (SSSR count). The van der Waals surface area contributed by atoms with Gasteiger partial charge in [0.05, 0.1) is 5.52 Å². The van der Waals surface area contributed by atoms with E-state index in [0.29, 0.717) is 21.8 Å². The molecule has 5 heteroatoms. The van der Waals surface area contributed by atoms with Gasteiger partial charge in [-0.15, -0.1) is 0 Å². The van der Waals surface area contributed by atoms with Crippen LogP contribution in [0.1, 0.15) is 15.9 Å². The summed E-state index contributed by atoms with van der Waals surface area (Å²) in [7, 11) is 0. The van der Waals surface area contributed by atoms with Crippen molar-refractivity contribution in [3.8, 4) is 0 Å². The topological polar surface area (TPSA) is 62.0 Å². The number of anilines is 1. The second-order valence-corrected chi connectivity index (χ2v) is 5.47. The van der Waals surface area contributed by atoms with Crippen LogP contribution in [0.4, 0.5) is 5.69 Å². The number of carbonyl (C=O) groups is 1. The Morgan fingerprint density at radius 3 is 2.55 bits per heavy atom. The van der Waals surface area contributed by atoms with Gasteiger partial charge >= 0.3 is 0 Å². The zero-order valence-corrected chi connectivity index (χ0v) is 12.6. The van der Waals surface area contributed by atoms with Gasteiger partial charge in [0.2, 0.25) is 5.56 Å². The van der Waals surface area contributed by atoms with Gasteiger partial charge < -0.3 is 10.3 Å². The van der Waals surface area contributed by atoms with E-state index < -0.39 is 0 Å². The number of benzene rings is 2. The van der Waals surface area contributed by atoms with Crippen molar-refractivity contribution < 1.29 is 4.79 Å². The van der Waals surface area contributed by atoms with Gasteiger partial charge in [0.15, 0.2) is 0 Å². The number of amides is 1. The number of aryl methyl sites for hydroxylation is 1. The molecule has 0 aliphatic rings. The fourth-order valence-corrected chi connectivity index (χ4v) is 2.44. The fraction of sp³-hybridized carbons (Fsp3) is 0.0588. The third-order valence-electron chi connectivity index (χ3n) is 3.41. The van der Waals surface area contributed by atoms with Crippen LogP contribution in [0, 0.1) is 6.92 Å². The predicted molar refractivity (Wildman–Crippen MR) is 88.7 cm³/mol. The van der Waals surface area contributed by atoms with E-state index in [1.165, 1.54) is 0 Å². The number of fused-ring (bicyclic) bond motifs is 1. The standard InChI is InChI=1S/C17H13ClN2O2/c1-10-8-16(21)20-15-9-13(6-7-14(10)15)19-17(22)11-2-4-12(18)5-3-11/h2-9H,1H3,(H,19,22)(H,20,21). The smallest absolute Gasteiger partial charge is 0.255 e. The molecule has 1 heterocycles. The number of aromatic nitrogens is 1. The van der Waals surface area contributed by atoms with Crippen molar-refractivity contribution in [2.24, 2.45) is 0 Å². The molecule has 0 saturated heterocycles. The second kappa shape index (κ2) is 5.66. The summed E-state index contributed by atoms with van der Waals surface area (Å²) >= 11 is 5.81. The maximum atomic E-state index is 12.2. The lowest BCUT2D eigenvalue weighted by molar-refractivity contribution is 0.102. The Morgan fingerprint density at radius 1 is 1.09 bits per heavy atom. The predicted octanol–water partition coefficient (Wildman–Crippen LogP) is 3.74. The fourth-order valence-electron chi connectivity index (χ4n) is 2.32. The summed E-state index contributed by atoms with van der Waals surface area (Å²) < 4.78 is 0. The average molecular weight is 313 g/mol. The Morgan fingerprint density at radius 2 is 1.82 bits per heavy atom. The summed E-state index contributed by atoms with van der Waals surface area (Å²) in [5, 5.41) is 4.33. The molecule has 3 aromatic rings. The molecular formula is C17H13ClN2O2. The molecule has 0 fully saturated rings. The summed E-state index contributed by atoms with van der Waals surface area (Å²) in [4.78, 5) is 26.5. The van der Waals surface area contributed by atoms with Crippen LogP contribution in [0.3, 0.4) is 0 Å². The monoisotopic (exact) mass is 312 g/mol. The maximum absolute atomic E-state index is 12.2. The van der Waals surface area contributed by atoms with Crippen LogP contribution >= 0.6 is 11.6 Å². The van der Waals surface area contributed by atoms with Gasteiger partial charge in [-0.05, 0) is 48.9 Å². The van der Waals surface area contributed by atoms with Gasteiger partial charge in [0.25, 0.3) is 5.91 Å². The minimum atomic E-state index is -0.231. The van der Waals surface area contributed by atoms with Crippen LogP contribution in [0.5, 0.6) is 0 Å². The number of H-pyrrole nitrogens is 1. The SMILES string of the molecule is Cc1cc(=O)[nH]c2cc(NC(=O)c3ccc(Cl)cc3)ccc12. The van der Waals surface area contributed by atoms with Gasteiger partial charge in [-0.3, -0.25) is 9.59 Å². The molecule has 0 spiro atoms. The number of pyridine rings is 1. The first-order valence-corrected chi connectivity index (χ1v) is 7.11. The molecule has 1 aromatic heterocycles. The van der Waals surface area contributed by atoms with Gasteiger partial charge in [-0.25, -0.2) is 0 Å². The number of aromatic amines is 1. The summed E-state index contributed by atoms with van der Waals surface area (Å²) in [5.74, 6) is -0.231. The number of nitrogens with one attached hydrogen (secondary N) is 2. The Bertz CT molecular complexity index is 914. The van der Waals surface area contributed by atoms with E-state index in [1.807, 2.05) is 19.1 Å². The highest BCUT2D eigenvalue weighted by Crippen LogP contribution is 2.20. The van der Waals surface area contributed by atoms with E-state index in [9.17, 15) is 9.59 Å². The zero-order valence-electron chi connectivity index (χ0n) is 11.8. The van der Waals surface area contributed by atoms with Crippen LogP contribution in [0.2, 0.25) is 5.02 Å². The van der Waals surface area contributed by atoms with Gasteiger partial charge in [0, 0.05) is 27.7 Å². The summed E-state index contributed by atoms with van der Waals surface area (Å²) in [6, 6.07) is 13.6. The van der Waals surface area contributed by atoms with Crippen molar-refractivity contribution in [2.45, 2.75) is 6.92 Å². The molecule has 0 aliphatic heterocycles. The number of halogens is 1. The van der Waals surface area contributed by atoms with Crippen LogP contribution in [0.25, 0.3) is 10.9 Å². The van der Waals surface area contributed by atoms with Gasteiger partial charge in [-0.2, -0.15) is 0 Å². The van der Waals surface area contributed by atoms with E-state index in [2.05, 4.69) is 10.3 Å². The summed E-state index contributed by atoms with van der Waals surface area (Å²) in [5.41, 5.74) is 2.57. The molecule has 0 aliphatic carbocycles. The van der Waals surface area contributed by atoms with Crippen molar-refractivity contribution in [1.82, 2.24) is 4.98 Å². The molecular weight excluding hydrogens is 300 g/mol. The second-order valence-electron chi connectivity index (χ2n) is 5.04. The molecule has 0 saturated carbocycles. The molecule has 110 valence electrons. The normalized spacial score (nSPS) is 10.6. The Labute approximate surface area is 131 Å². The van der Waals surface area contributed by atoms with Crippen molar-refractivity contribution in [3.05, 3.63) is 75.0 Å². The number of carbonyl (C=O) groups excluding carboxylic acids is 1. The molecule has 4 nitrogen and oxygen atoms in total. The first kappa shape index (κ1) is 14.4. The van der Waals surface area contributed by atoms with Gasteiger partial charge in [0.1, 0.15) is 0 Å². The third-order valence-corrected chi connectivity index (χ3v) is 3.67.